The van der Waals surface area contributed by atoms with E-state index in [1.807, 2.05) is 54.6 Å². The summed E-state index contributed by atoms with van der Waals surface area (Å²) < 4.78 is 10.9. The van der Waals surface area contributed by atoms with Crippen LogP contribution in [-0.2, 0) is 4.79 Å². The van der Waals surface area contributed by atoms with Crippen LogP contribution in [0.3, 0.4) is 0 Å². The lowest BCUT2D eigenvalue weighted by Crippen LogP contribution is -2.32. The highest BCUT2D eigenvalue weighted by Crippen LogP contribution is 2.33. The van der Waals surface area contributed by atoms with Gasteiger partial charge in [0.25, 0.3) is 11.1 Å². The Morgan fingerprint density at radius 3 is 2.48 bits per heavy atom. The first kappa shape index (κ1) is 19.1. The molecule has 6 heteroatoms. The number of carbonyl (C=O) groups excluding carboxylic acids is 2. The summed E-state index contributed by atoms with van der Waals surface area (Å²) in [7, 11) is 1.57. The molecule has 0 N–H and O–H groups in total. The van der Waals surface area contributed by atoms with E-state index in [0.717, 1.165) is 28.1 Å². The maximum absolute atomic E-state index is 12.8. The van der Waals surface area contributed by atoms with Crippen molar-refractivity contribution < 1.29 is 19.1 Å². The van der Waals surface area contributed by atoms with Crippen molar-refractivity contribution >= 4 is 39.8 Å². The Bertz CT molecular complexity index is 1100. The molecule has 0 saturated carbocycles. The molecule has 0 aromatic heterocycles. The number of carbonyl (C=O) groups is 2. The third-order valence-electron chi connectivity index (χ3n) is 4.63. The van der Waals surface area contributed by atoms with Crippen molar-refractivity contribution in [2.24, 2.45) is 0 Å². The molecule has 0 unspecified atom stereocenters. The lowest BCUT2D eigenvalue weighted by atomic mass is 10.0. The molecule has 0 atom stereocenters. The molecule has 1 saturated heterocycles. The average molecular weight is 405 g/mol. The normalized spacial score (nSPS) is 15.3. The molecule has 3 aromatic rings. The SMILES string of the molecule is COc1ccccc1OCCN1C(=O)S/C(=C\c2cccc3ccccc23)C1=O. The van der Waals surface area contributed by atoms with Gasteiger partial charge in [0, 0.05) is 0 Å². The lowest BCUT2D eigenvalue weighted by molar-refractivity contribution is -0.123. The summed E-state index contributed by atoms with van der Waals surface area (Å²) in [5, 5.41) is 1.84. The van der Waals surface area contributed by atoms with Crippen LogP contribution in [0.1, 0.15) is 5.56 Å². The number of nitrogens with zero attached hydrogens (tertiary/aromatic N) is 1. The summed E-state index contributed by atoms with van der Waals surface area (Å²) in [4.78, 5) is 26.8. The first-order chi connectivity index (χ1) is 14.2. The zero-order chi connectivity index (χ0) is 20.2. The van der Waals surface area contributed by atoms with E-state index in [0.29, 0.717) is 16.4 Å². The van der Waals surface area contributed by atoms with E-state index >= 15 is 0 Å². The quantitative estimate of drug-likeness (QED) is 0.543. The van der Waals surface area contributed by atoms with Gasteiger partial charge in [0.1, 0.15) is 6.61 Å². The summed E-state index contributed by atoms with van der Waals surface area (Å²) >= 11 is 0.957. The molecule has 5 nitrogen and oxygen atoms in total. The number of ether oxygens (including phenoxy) is 2. The summed E-state index contributed by atoms with van der Waals surface area (Å²) in [6, 6.07) is 21.1. The second-order valence-corrected chi connectivity index (χ2v) is 7.39. The van der Waals surface area contributed by atoms with E-state index < -0.39 is 0 Å². The van der Waals surface area contributed by atoms with Gasteiger partial charge in [-0.3, -0.25) is 14.5 Å². The van der Waals surface area contributed by atoms with Gasteiger partial charge >= 0.3 is 0 Å². The number of imide groups is 1. The van der Waals surface area contributed by atoms with Crippen molar-refractivity contribution in [2.75, 3.05) is 20.3 Å². The minimum absolute atomic E-state index is 0.176. The van der Waals surface area contributed by atoms with Crippen LogP contribution in [0.25, 0.3) is 16.8 Å². The van der Waals surface area contributed by atoms with Gasteiger partial charge in [-0.25, -0.2) is 0 Å². The van der Waals surface area contributed by atoms with Crippen LogP contribution in [-0.4, -0.2) is 36.3 Å². The Kier molecular flexibility index (Phi) is 5.53. The zero-order valence-corrected chi connectivity index (χ0v) is 16.6. The number of hydrogen-bond donors (Lipinski definition) is 0. The monoisotopic (exact) mass is 405 g/mol. The smallest absolute Gasteiger partial charge is 0.293 e. The standard InChI is InChI=1S/C23H19NO4S/c1-27-19-11-4-5-12-20(19)28-14-13-24-22(25)21(29-23(24)26)15-17-9-6-8-16-7-2-3-10-18(16)17/h2-12,15H,13-14H2,1H3/b21-15-. The first-order valence-electron chi connectivity index (χ1n) is 9.16. The number of thioether (sulfide) groups is 1. The van der Waals surface area contributed by atoms with E-state index in [9.17, 15) is 9.59 Å². The Morgan fingerprint density at radius 1 is 0.931 bits per heavy atom. The van der Waals surface area contributed by atoms with Gasteiger partial charge < -0.3 is 9.47 Å². The fraction of sp³-hybridized carbons (Fsp3) is 0.130. The third-order valence-corrected chi connectivity index (χ3v) is 5.53. The topological polar surface area (TPSA) is 55.8 Å². The summed E-state index contributed by atoms with van der Waals surface area (Å²) in [5.74, 6) is 0.891. The van der Waals surface area contributed by atoms with E-state index in [-0.39, 0.29) is 24.3 Å². The molecular weight excluding hydrogens is 386 g/mol. The number of para-hydroxylation sites is 2. The Balaban J connectivity index is 1.48. The molecule has 0 bridgehead atoms. The van der Waals surface area contributed by atoms with Gasteiger partial charge in [-0.1, -0.05) is 54.6 Å². The minimum atomic E-state index is -0.295. The number of benzene rings is 3. The van der Waals surface area contributed by atoms with Gasteiger partial charge in [0.05, 0.1) is 18.6 Å². The van der Waals surface area contributed by atoms with E-state index in [1.54, 1.807) is 25.3 Å². The molecule has 146 valence electrons. The fourth-order valence-corrected chi connectivity index (χ4v) is 4.05. The van der Waals surface area contributed by atoms with E-state index in [2.05, 4.69) is 0 Å². The van der Waals surface area contributed by atoms with Crippen LogP contribution < -0.4 is 9.47 Å². The summed E-state index contributed by atoms with van der Waals surface area (Å²) in [6.45, 7) is 0.371. The van der Waals surface area contributed by atoms with Crippen molar-refractivity contribution in [3.8, 4) is 11.5 Å². The van der Waals surface area contributed by atoms with Crippen molar-refractivity contribution in [3.63, 3.8) is 0 Å². The van der Waals surface area contributed by atoms with E-state index in [1.165, 1.54) is 4.90 Å². The molecule has 0 aliphatic carbocycles. The largest absolute Gasteiger partial charge is 0.493 e. The molecule has 1 fully saturated rings. The minimum Gasteiger partial charge on any atom is -0.493 e. The second-order valence-electron chi connectivity index (χ2n) is 6.40. The molecule has 29 heavy (non-hydrogen) atoms. The van der Waals surface area contributed by atoms with Crippen LogP contribution in [0.15, 0.2) is 71.6 Å². The molecule has 1 aliphatic heterocycles. The highest BCUT2D eigenvalue weighted by Gasteiger charge is 2.34. The predicted molar refractivity (Wildman–Crippen MR) is 115 cm³/mol. The molecule has 0 spiro atoms. The second kappa shape index (κ2) is 8.41. The van der Waals surface area contributed by atoms with Crippen LogP contribution >= 0.6 is 11.8 Å². The highest BCUT2D eigenvalue weighted by atomic mass is 32.2. The molecule has 1 aliphatic rings. The van der Waals surface area contributed by atoms with Crippen molar-refractivity contribution in [3.05, 3.63) is 77.2 Å². The molecule has 0 radical (unpaired) electrons. The van der Waals surface area contributed by atoms with Gasteiger partial charge in [0.2, 0.25) is 0 Å². The molecule has 2 amide bonds. The van der Waals surface area contributed by atoms with Crippen molar-refractivity contribution in [1.29, 1.82) is 0 Å². The van der Waals surface area contributed by atoms with Crippen LogP contribution in [0, 0.1) is 0 Å². The van der Waals surface area contributed by atoms with Gasteiger partial charge in [-0.15, -0.1) is 0 Å². The summed E-state index contributed by atoms with van der Waals surface area (Å²) in [6.07, 6.45) is 1.79. The van der Waals surface area contributed by atoms with Crippen LogP contribution in [0.4, 0.5) is 4.79 Å². The van der Waals surface area contributed by atoms with Crippen LogP contribution in [0.5, 0.6) is 11.5 Å². The first-order valence-corrected chi connectivity index (χ1v) is 9.98. The predicted octanol–water partition coefficient (Wildman–Crippen LogP) is 4.96. The van der Waals surface area contributed by atoms with E-state index in [4.69, 9.17) is 9.47 Å². The Labute approximate surface area is 172 Å². The summed E-state index contributed by atoms with van der Waals surface area (Å²) in [5.41, 5.74) is 0.916. The third kappa shape index (κ3) is 3.98. The van der Waals surface area contributed by atoms with Crippen molar-refractivity contribution in [1.82, 2.24) is 4.90 Å². The number of amides is 2. The van der Waals surface area contributed by atoms with Crippen molar-refractivity contribution in [2.45, 2.75) is 0 Å². The number of methoxy groups -OCH3 is 1. The van der Waals surface area contributed by atoms with Gasteiger partial charge in [0.15, 0.2) is 11.5 Å². The molecule has 4 rings (SSSR count). The zero-order valence-electron chi connectivity index (χ0n) is 15.8. The maximum atomic E-state index is 12.8. The Hall–Kier alpha value is -3.25. The lowest BCUT2D eigenvalue weighted by Gasteiger charge is -2.14. The number of rotatable bonds is 6. The Morgan fingerprint density at radius 2 is 1.66 bits per heavy atom. The average Bonchev–Trinajstić information content (AvgIpc) is 3.01. The van der Waals surface area contributed by atoms with Crippen LogP contribution in [0.2, 0.25) is 0 Å². The van der Waals surface area contributed by atoms with Gasteiger partial charge in [-0.2, -0.15) is 0 Å². The molecule has 3 aromatic carbocycles. The highest BCUT2D eigenvalue weighted by molar-refractivity contribution is 8.18. The number of fused-ring (bicyclic) bond motifs is 1. The fourth-order valence-electron chi connectivity index (χ4n) is 3.20. The maximum Gasteiger partial charge on any atom is 0.293 e. The molecular formula is C23H19NO4S. The van der Waals surface area contributed by atoms with Gasteiger partial charge in [-0.05, 0) is 46.3 Å². The molecule has 1 heterocycles. The number of hydrogen-bond acceptors (Lipinski definition) is 5.